The van der Waals surface area contributed by atoms with Gasteiger partial charge < -0.3 is 29.4 Å². The van der Waals surface area contributed by atoms with Crippen molar-refractivity contribution >= 4 is 13.3 Å². The molecule has 6 nitrogen and oxygen atoms in total. The van der Waals surface area contributed by atoms with Crippen LogP contribution in [0.15, 0.2) is 24.3 Å². The summed E-state index contributed by atoms with van der Waals surface area (Å²) in [7, 11) is -3.44. The Morgan fingerprint density at radius 1 is 1.18 bits per heavy atom. The molecule has 1 heterocycles. The maximum atomic E-state index is 12.5. The maximum absolute atomic E-state index is 12.5. The number of carbonyl (C=O) groups excluding carboxylic acids is 1. The predicted octanol–water partition coefficient (Wildman–Crippen LogP) is -4.69. The molecule has 0 radical (unpaired) electrons. The Morgan fingerprint density at radius 3 is 2.50 bits per heavy atom. The Hall–Kier alpha value is 0.800. The topological polar surface area (TPSA) is 102 Å². The average molecular weight is 425 g/mol. The zero-order valence-electron chi connectivity index (χ0n) is 16.9. The van der Waals surface area contributed by atoms with Crippen LogP contribution >= 0.6 is 7.37 Å². The Balaban J connectivity index is 0.00000196. The molecular weight excluding hydrogens is 399 g/mol. The van der Waals surface area contributed by atoms with E-state index in [0.29, 0.717) is 25.2 Å². The van der Waals surface area contributed by atoms with Gasteiger partial charge in [0.15, 0.2) is 0 Å². The minimum atomic E-state index is -3.44. The minimum absolute atomic E-state index is 0. The van der Waals surface area contributed by atoms with Crippen molar-refractivity contribution in [3.05, 3.63) is 35.4 Å². The summed E-state index contributed by atoms with van der Waals surface area (Å²) in [6.45, 7) is 0.766. The third-order valence-corrected chi connectivity index (χ3v) is 7.39. The number of aromatic carboxylic acids is 1. The van der Waals surface area contributed by atoms with E-state index in [0.717, 1.165) is 31.2 Å². The molecule has 1 aromatic rings. The van der Waals surface area contributed by atoms with Crippen LogP contribution in [0.5, 0.6) is 0 Å². The standard InChI is InChI=1S/C19H28NO5P.2Na/c21-19(22)16-8-4-7-15(9-16)18-11-25-17(10-20-18)13-26(23,24)12-14-5-2-1-3-6-14;;/h4,7-9,14,17-18,20H,1-3,5-6,10-13H2,(H,21,22)(H,23,24);;/q;2*+1/p-2/t17-,18+;;/m0../s1. The molecule has 28 heavy (non-hydrogen) atoms. The van der Waals surface area contributed by atoms with Gasteiger partial charge in [-0.2, -0.15) is 0 Å². The third-order valence-electron chi connectivity index (χ3n) is 5.36. The Bertz CT molecular complexity index is 676. The summed E-state index contributed by atoms with van der Waals surface area (Å²) in [4.78, 5) is 23.5. The van der Waals surface area contributed by atoms with Crippen LogP contribution in [0.4, 0.5) is 0 Å². The molecule has 1 unspecified atom stereocenters. The number of carboxylic acids is 1. The molecule has 0 amide bonds. The van der Waals surface area contributed by atoms with Crippen molar-refractivity contribution in [2.45, 2.75) is 44.2 Å². The van der Waals surface area contributed by atoms with Crippen LogP contribution in [-0.2, 0) is 9.30 Å². The molecule has 1 saturated carbocycles. The molecule has 0 bridgehead atoms. The number of carbonyl (C=O) groups is 1. The Kier molecular flexibility index (Phi) is 12.1. The predicted molar refractivity (Wildman–Crippen MR) is 95.2 cm³/mol. The van der Waals surface area contributed by atoms with E-state index >= 15 is 0 Å². The number of ether oxygens (including phenoxy) is 1. The van der Waals surface area contributed by atoms with Gasteiger partial charge in [0.1, 0.15) is 0 Å². The second kappa shape index (κ2) is 12.6. The maximum Gasteiger partial charge on any atom is 1.00 e. The molecule has 9 heteroatoms. The fourth-order valence-corrected chi connectivity index (χ4v) is 6.14. The summed E-state index contributed by atoms with van der Waals surface area (Å²) < 4.78 is 18.3. The zero-order chi connectivity index (χ0) is 18.6. The summed E-state index contributed by atoms with van der Waals surface area (Å²) >= 11 is 0. The van der Waals surface area contributed by atoms with Gasteiger partial charge in [0.25, 0.3) is 0 Å². The largest absolute Gasteiger partial charge is 1.00 e. The van der Waals surface area contributed by atoms with Crippen molar-refractivity contribution in [2.75, 3.05) is 25.5 Å². The van der Waals surface area contributed by atoms with Crippen LogP contribution in [0.2, 0.25) is 0 Å². The van der Waals surface area contributed by atoms with E-state index in [-0.39, 0.29) is 83.0 Å². The summed E-state index contributed by atoms with van der Waals surface area (Å²) in [5.41, 5.74) is 0.931. The van der Waals surface area contributed by atoms with E-state index in [1.807, 2.05) is 6.07 Å². The zero-order valence-corrected chi connectivity index (χ0v) is 21.8. The summed E-state index contributed by atoms with van der Waals surface area (Å²) in [5, 5.41) is 14.3. The Labute approximate surface area is 211 Å². The molecule has 1 aliphatic carbocycles. The van der Waals surface area contributed by atoms with Crippen molar-refractivity contribution in [1.82, 2.24) is 5.32 Å². The first-order chi connectivity index (χ1) is 12.4. The van der Waals surface area contributed by atoms with Crippen molar-refractivity contribution in [3.8, 4) is 0 Å². The molecule has 1 N–H and O–H groups in total. The van der Waals surface area contributed by atoms with Gasteiger partial charge in [-0.1, -0.05) is 50.3 Å². The van der Waals surface area contributed by atoms with Crippen LogP contribution in [0.3, 0.4) is 0 Å². The van der Waals surface area contributed by atoms with Crippen LogP contribution in [0.1, 0.15) is 54.1 Å². The van der Waals surface area contributed by atoms with E-state index in [1.54, 1.807) is 12.1 Å². The summed E-state index contributed by atoms with van der Waals surface area (Å²) in [6.07, 6.45) is 5.56. The number of hydrogen-bond donors (Lipinski definition) is 1. The first kappa shape index (κ1) is 26.8. The molecule has 1 aliphatic heterocycles. The monoisotopic (exact) mass is 425 g/mol. The van der Waals surface area contributed by atoms with Gasteiger partial charge in [-0.15, -0.1) is 0 Å². The van der Waals surface area contributed by atoms with E-state index < -0.39 is 13.3 Å². The van der Waals surface area contributed by atoms with Crippen molar-refractivity contribution in [3.63, 3.8) is 0 Å². The quantitative estimate of drug-likeness (QED) is 0.363. The van der Waals surface area contributed by atoms with Gasteiger partial charge in [0.05, 0.1) is 24.7 Å². The van der Waals surface area contributed by atoms with Gasteiger partial charge in [0.2, 0.25) is 0 Å². The molecule has 3 rings (SSSR count). The number of nitrogens with one attached hydrogen (secondary N) is 1. The number of morpholine rings is 1. The number of carboxylic acid groups (broad SMARTS) is 1. The van der Waals surface area contributed by atoms with E-state index in [9.17, 15) is 19.4 Å². The number of rotatable bonds is 6. The second-order valence-corrected chi connectivity index (χ2v) is 9.87. The van der Waals surface area contributed by atoms with E-state index in [2.05, 4.69) is 5.32 Å². The molecule has 3 atom stereocenters. The van der Waals surface area contributed by atoms with Crippen LogP contribution in [0.25, 0.3) is 0 Å². The number of benzene rings is 1. The fraction of sp³-hybridized carbons (Fsp3) is 0.632. The van der Waals surface area contributed by atoms with Gasteiger partial charge in [-0.3, -0.25) is 0 Å². The Morgan fingerprint density at radius 2 is 1.89 bits per heavy atom. The minimum Gasteiger partial charge on any atom is -0.799 e. The van der Waals surface area contributed by atoms with Crippen molar-refractivity contribution < 1.29 is 83.2 Å². The molecule has 0 aromatic heterocycles. The SMILES string of the molecule is O=C([O-])c1cccc([C@H]2CO[C@H](CP(=O)([O-])CC3CCCCC3)CN2)c1.[Na+].[Na+]. The summed E-state index contributed by atoms with van der Waals surface area (Å²) in [5.74, 6) is -0.903. The molecular formula is C19H26NNa2O5P. The van der Waals surface area contributed by atoms with Crippen LogP contribution < -0.4 is 74.4 Å². The van der Waals surface area contributed by atoms with Gasteiger partial charge >= 0.3 is 59.1 Å². The summed E-state index contributed by atoms with van der Waals surface area (Å²) in [6, 6.07) is 6.41. The molecule has 2 fully saturated rings. The molecule has 1 saturated heterocycles. The second-order valence-electron chi connectivity index (χ2n) is 7.51. The van der Waals surface area contributed by atoms with Gasteiger partial charge in [-0.05, 0) is 29.3 Å². The number of hydrogen-bond acceptors (Lipinski definition) is 6. The smallest absolute Gasteiger partial charge is 0.799 e. The normalized spacial score (nSPS) is 25.0. The van der Waals surface area contributed by atoms with Gasteiger partial charge in [0, 0.05) is 20.1 Å². The van der Waals surface area contributed by atoms with Crippen molar-refractivity contribution in [2.24, 2.45) is 5.92 Å². The van der Waals surface area contributed by atoms with Gasteiger partial charge in [-0.25, -0.2) is 0 Å². The van der Waals surface area contributed by atoms with Crippen molar-refractivity contribution in [1.29, 1.82) is 0 Å². The van der Waals surface area contributed by atoms with E-state index in [4.69, 9.17) is 4.74 Å². The molecule has 144 valence electrons. The molecule has 0 spiro atoms. The fourth-order valence-electron chi connectivity index (χ4n) is 3.99. The first-order valence-electron chi connectivity index (χ1n) is 9.38. The van der Waals surface area contributed by atoms with Crippen LogP contribution in [-0.4, -0.2) is 37.5 Å². The van der Waals surface area contributed by atoms with E-state index in [1.165, 1.54) is 12.5 Å². The average Bonchev–Trinajstić information content (AvgIpc) is 2.62. The van der Waals surface area contributed by atoms with Crippen LogP contribution in [0, 0.1) is 5.92 Å². The third kappa shape index (κ3) is 8.14. The molecule has 1 aromatic carbocycles. The first-order valence-corrected chi connectivity index (χ1v) is 11.4. The molecule has 2 aliphatic rings.